The van der Waals surface area contributed by atoms with E-state index in [1.807, 2.05) is 12.1 Å². The van der Waals surface area contributed by atoms with Crippen molar-refractivity contribution in [3.8, 4) is 0 Å². The van der Waals surface area contributed by atoms with E-state index >= 15 is 0 Å². The number of amides is 2. The highest BCUT2D eigenvalue weighted by Crippen LogP contribution is 2.28. The molecule has 0 heterocycles. The monoisotopic (exact) mass is 276 g/mol. The van der Waals surface area contributed by atoms with Crippen molar-refractivity contribution in [3.05, 3.63) is 35.4 Å². The van der Waals surface area contributed by atoms with E-state index in [1.54, 1.807) is 19.2 Å². The summed E-state index contributed by atoms with van der Waals surface area (Å²) in [6.07, 6.45) is 1.98. The molecule has 2 rings (SSSR count). The van der Waals surface area contributed by atoms with Crippen molar-refractivity contribution in [2.24, 2.45) is 5.92 Å². The average Bonchev–Trinajstić information content (AvgIpc) is 3.29. The summed E-state index contributed by atoms with van der Waals surface area (Å²) in [7, 11) is 1.64. The molecular weight excluding hydrogens is 256 g/mol. The highest BCUT2D eigenvalue weighted by atomic mass is 16.5. The Kier molecular flexibility index (Phi) is 5.12. The van der Waals surface area contributed by atoms with Gasteiger partial charge in [0.2, 0.25) is 5.91 Å². The lowest BCUT2D eigenvalue weighted by atomic mass is 10.1. The zero-order chi connectivity index (χ0) is 14.4. The van der Waals surface area contributed by atoms with Crippen molar-refractivity contribution >= 4 is 11.8 Å². The summed E-state index contributed by atoms with van der Waals surface area (Å²) in [6, 6.07) is 7.28. The van der Waals surface area contributed by atoms with Crippen LogP contribution in [-0.2, 0) is 16.1 Å². The topological polar surface area (TPSA) is 67.4 Å². The maximum Gasteiger partial charge on any atom is 0.251 e. The van der Waals surface area contributed by atoms with Crippen molar-refractivity contribution < 1.29 is 14.3 Å². The molecule has 0 atom stereocenters. The maximum absolute atomic E-state index is 11.8. The third kappa shape index (κ3) is 4.35. The SMILES string of the molecule is COCc1ccc(C(=O)NCCNC(=O)C2CC2)cc1. The Balaban J connectivity index is 1.69. The average molecular weight is 276 g/mol. The second kappa shape index (κ2) is 7.05. The van der Waals surface area contributed by atoms with Crippen molar-refractivity contribution in [1.29, 1.82) is 0 Å². The fourth-order valence-corrected chi connectivity index (χ4v) is 1.87. The van der Waals surface area contributed by atoms with Gasteiger partial charge in [0.05, 0.1) is 6.61 Å². The van der Waals surface area contributed by atoms with E-state index in [9.17, 15) is 9.59 Å². The number of hydrogen-bond donors (Lipinski definition) is 2. The van der Waals surface area contributed by atoms with Gasteiger partial charge in [0.25, 0.3) is 5.91 Å². The Bertz CT molecular complexity index is 467. The van der Waals surface area contributed by atoms with Gasteiger partial charge in [-0.25, -0.2) is 0 Å². The van der Waals surface area contributed by atoms with Gasteiger partial charge < -0.3 is 15.4 Å². The summed E-state index contributed by atoms with van der Waals surface area (Å²) < 4.78 is 5.01. The first-order valence-electron chi connectivity index (χ1n) is 6.84. The van der Waals surface area contributed by atoms with Gasteiger partial charge in [-0.3, -0.25) is 9.59 Å². The largest absolute Gasteiger partial charge is 0.380 e. The zero-order valence-electron chi connectivity index (χ0n) is 11.6. The number of nitrogens with one attached hydrogen (secondary N) is 2. The Morgan fingerprint density at radius 1 is 1.15 bits per heavy atom. The molecule has 1 aromatic carbocycles. The van der Waals surface area contributed by atoms with E-state index in [1.165, 1.54) is 0 Å². The summed E-state index contributed by atoms with van der Waals surface area (Å²) in [5, 5.41) is 5.59. The van der Waals surface area contributed by atoms with E-state index in [4.69, 9.17) is 4.74 Å². The van der Waals surface area contributed by atoms with Gasteiger partial charge in [-0.2, -0.15) is 0 Å². The molecule has 0 saturated heterocycles. The van der Waals surface area contributed by atoms with Gasteiger partial charge in [0, 0.05) is 31.7 Å². The Morgan fingerprint density at radius 3 is 2.40 bits per heavy atom. The second-order valence-corrected chi connectivity index (χ2v) is 4.95. The van der Waals surface area contributed by atoms with Crippen LogP contribution in [0.2, 0.25) is 0 Å². The van der Waals surface area contributed by atoms with Crippen LogP contribution in [0, 0.1) is 5.92 Å². The van der Waals surface area contributed by atoms with Gasteiger partial charge in [0.1, 0.15) is 0 Å². The predicted octanol–water partition coefficient (Wildman–Crippen LogP) is 1.09. The molecule has 2 amide bonds. The Hall–Kier alpha value is -1.88. The first kappa shape index (κ1) is 14.5. The summed E-state index contributed by atoms with van der Waals surface area (Å²) >= 11 is 0. The number of carbonyl (C=O) groups is 2. The van der Waals surface area contributed by atoms with Crippen LogP contribution in [-0.4, -0.2) is 32.0 Å². The van der Waals surface area contributed by atoms with E-state index < -0.39 is 0 Å². The molecule has 5 heteroatoms. The molecule has 1 aliphatic carbocycles. The molecule has 0 radical (unpaired) electrons. The lowest BCUT2D eigenvalue weighted by molar-refractivity contribution is -0.122. The third-order valence-electron chi connectivity index (χ3n) is 3.19. The molecule has 108 valence electrons. The number of rotatable bonds is 7. The van der Waals surface area contributed by atoms with E-state index in [2.05, 4.69) is 10.6 Å². The number of benzene rings is 1. The van der Waals surface area contributed by atoms with Crippen LogP contribution in [0.15, 0.2) is 24.3 Å². The van der Waals surface area contributed by atoms with E-state index in [0.29, 0.717) is 25.3 Å². The van der Waals surface area contributed by atoms with Crippen LogP contribution >= 0.6 is 0 Å². The number of ether oxygens (including phenoxy) is 1. The van der Waals surface area contributed by atoms with Crippen LogP contribution in [0.1, 0.15) is 28.8 Å². The third-order valence-corrected chi connectivity index (χ3v) is 3.19. The molecule has 1 saturated carbocycles. The molecule has 0 bridgehead atoms. The molecule has 2 N–H and O–H groups in total. The summed E-state index contributed by atoms with van der Waals surface area (Å²) in [6.45, 7) is 1.45. The standard InChI is InChI=1S/C15H20N2O3/c1-20-10-11-2-4-12(5-3-11)14(18)16-8-9-17-15(19)13-6-7-13/h2-5,13H,6-10H2,1H3,(H,16,18)(H,17,19). The molecule has 20 heavy (non-hydrogen) atoms. The highest BCUT2D eigenvalue weighted by molar-refractivity contribution is 5.94. The van der Waals surface area contributed by atoms with Crippen LogP contribution in [0.4, 0.5) is 0 Å². The normalized spacial score (nSPS) is 13.8. The quantitative estimate of drug-likeness (QED) is 0.733. The first-order valence-corrected chi connectivity index (χ1v) is 6.84. The van der Waals surface area contributed by atoms with Crippen LogP contribution in [0.5, 0.6) is 0 Å². The van der Waals surface area contributed by atoms with Crippen LogP contribution in [0.3, 0.4) is 0 Å². The van der Waals surface area contributed by atoms with Crippen molar-refractivity contribution in [2.75, 3.05) is 20.2 Å². The number of carbonyl (C=O) groups excluding carboxylic acids is 2. The van der Waals surface area contributed by atoms with Gasteiger partial charge >= 0.3 is 0 Å². The van der Waals surface area contributed by atoms with Gasteiger partial charge in [-0.1, -0.05) is 12.1 Å². The minimum atomic E-state index is -0.130. The lowest BCUT2D eigenvalue weighted by Crippen LogP contribution is -2.35. The molecule has 0 spiro atoms. The summed E-state index contributed by atoms with van der Waals surface area (Å²) in [4.78, 5) is 23.2. The molecule has 0 aromatic heterocycles. The van der Waals surface area contributed by atoms with E-state index in [0.717, 1.165) is 18.4 Å². The van der Waals surface area contributed by atoms with Gasteiger partial charge in [-0.15, -0.1) is 0 Å². The molecule has 1 aliphatic rings. The first-order chi connectivity index (χ1) is 9.70. The molecule has 1 fully saturated rings. The zero-order valence-corrected chi connectivity index (χ0v) is 11.6. The highest BCUT2D eigenvalue weighted by Gasteiger charge is 2.28. The Labute approximate surface area is 118 Å². The fraction of sp³-hybridized carbons (Fsp3) is 0.467. The molecule has 1 aromatic rings. The fourth-order valence-electron chi connectivity index (χ4n) is 1.87. The molecular formula is C15H20N2O3. The van der Waals surface area contributed by atoms with Crippen molar-refractivity contribution in [2.45, 2.75) is 19.4 Å². The van der Waals surface area contributed by atoms with Crippen molar-refractivity contribution in [3.63, 3.8) is 0 Å². The summed E-state index contributed by atoms with van der Waals surface area (Å²) in [5.74, 6) is 0.178. The van der Waals surface area contributed by atoms with Crippen LogP contribution < -0.4 is 10.6 Å². The van der Waals surface area contributed by atoms with Crippen LogP contribution in [0.25, 0.3) is 0 Å². The number of hydrogen-bond acceptors (Lipinski definition) is 3. The number of methoxy groups -OCH3 is 1. The second-order valence-electron chi connectivity index (χ2n) is 4.95. The minimum absolute atomic E-state index is 0.100. The molecule has 0 unspecified atom stereocenters. The smallest absolute Gasteiger partial charge is 0.251 e. The predicted molar refractivity (Wildman–Crippen MR) is 75.2 cm³/mol. The lowest BCUT2D eigenvalue weighted by Gasteiger charge is -2.07. The van der Waals surface area contributed by atoms with Gasteiger partial charge in [-0.05, 0) is 30.5 Å². The Morgan fingerprint density at radius 2 is 1.80 bits per heavy atom. The summed E-state index contributed by atoms with van der Waals surface area (Å²) in [5.41, 5.74) is 1.64. The van der Waals surface area contributed by atoms with Gasteiger partial charge in [0.15, 0.2) is 0 Å². The molecule has 0 aliphatic heterocycles. The minimum Gasteiger partial charge on any atom is -0.380 e. The van der Waals surface area contributed by atoms with Crippen molar-refractivity contribution in [1.82, 2.24) is 10.6 Å². The maximum atomic E-state index is 11.8. The molecule has 5 nitrogen and oxygen atoms in total. The van der Waals surface area contributed by atoms with E-state index in [-0.39, 0.29) is 17.7 Å².